The largest absolute Gasteiger partial charge is 0.489 e. The summed E-state index contributed by atoms with van der Waals surface area (Å²) < 4.78 is 10.4. The Morgan fingerprint density at radius 3 is 2.30 bits per heavy atom. The molecule has 0 saturated heterocycles. The summed E-state index contributed by atoms with van der Waals surface area (Å²) in [4.78, 5) is 15.8. The highest BCUT2D eigenvalue weighted by Crippen LogP contribution is 2.35. The number of amides is 1. The molecule has 1 aromatic carbocycles. The van der Waals surface area contributed by atoms with Crippen molar-refractivity contribution in [3.8, 4) is 5.75 Å². The number of methoxy groups -OCH3 is 1. The number of ether oxygens (including phenoxy) is 2. The number of halogens is 4. The van der Waals surface area contributed by atoms with E-state index in [9.17, 15) is 4.79 Å². The third kappa shape index (κ3) is 11.0. The molecule has 154 valence electrons. The summed E-state index contributed by atoms with van der Waals surface area (Å²) in [5.74, 6) is 0.695. The third-order valence-electron chi connectivity index (χ3n) is 2.96. The molecule has 0 saturated carbocycles. The summed E-state index contributed by atoms with van der Waals surface area (Å²) in [5, 5.41) is 9.93. The Balaban J connectivity index is 0.00000676. The average Bonchev–Trinajstić information content (AvgIpc) is 2.58. The topological polar surface area (TPSA) is 84.0 Å². The smallest absolute Gasteiger partial charge is 0.241 e. The quantitative estimate of drug-likeness (QED) is 0.180. The first-order valence-corrected chi connectivity index (χ1v) is 9.16. The van der Waals surface area contributed by atoms with E-state index >= 15 is 0 Å². The first kappa shape index (κ1) is 26.3. The minimum Gasteiger partial charge on any atom is -0.489 e. The van der Waals surface area contributed by atoms with Crippen molar-refractivity contribution in [3.05, 3.63) is 27.2 Å². The molecule has 1 amide bonds. The SMILES string of the molecule is CCNC(=NCC(=O)NCCOC)NCCOc1c(Cl)cc(Cl)cc1Cl.I. The maximum atomic E-state index is 11.6. The molecule has 0 aliphatic carbocycles. The molecule has 0 fully saturated rings. The molecule has 1 rings (SSSR count). The lowest BCUT2D eigenvalue weighted by Crippen LogP contribution is -2.40. The second kappa shape index (κ2) is 15.3. The molecule has 0 aliphatic heterocycles. The first-order valence-electron chi connectivity index (χ1n) is 8.03. The molecular formula is C16H24Cl3IN4O3. The molecule has 27 heavy (non-hydrogen) atoms. The first-order chi connectivity index (χ1) is 12.5. The van der Waals surface area contributed by atoms with Crippen LogP contribution in [-0.4, -0.2) is 58.4 Å². The Hall–Kier alpha value is -0.680. The number of aliphatic imine (C=N–C) groups is 1. The lowest BCUT2D eigenvalue weighted by Gasteiger charge is -2.13. The number of guanidine groups is 1. The summed E-state index contributed by atoms with van der Waals surface area (Å²) in [6, 6.07) is 3.12. The second-order valence-corrected chi connectivity index (χ2v) is 6.26. The van der Waals surface area contributed by atoms with E-state index in [4.69, 9.17) is 44.3 Å². The van der Waals surface area contributed by atoms with Crippen LogP contribution in [0.5, 0.6) is 5.75 Å². The van der Waals surface area contributed by atoms with Crippen LogP contribution in [0.3, 0.4) is 0 Å². The van der Waals surface area contributed by atoms with Crippen LogP contribution in [0.1, 0.15) is 6.92 Å². The van der Waals surface area contributed by atoms with Crippen LogP contribution in [0.2, 0.25) is 15.1 Å². The van der Waals surface area contributed by atoms with E-state index in [1.807, 2.05) is 6.92 Å². The van der Waals surface area contributed by atoms with Crippen LogP contribution in [0, 0.1) is 0 Å². The highest BCUT2D eigenvalue weighted by molar-refractivity contribution is 14.0. The molecule has 1 aromatic rings. The van der Waals surface area contributed by atoms with Gasteiger partial charge in [0.05, 0.1) is 23.2 Å². The van der Waals surface area contributed by atoms with E-state index in [2.05, 4.69) is 20.9 Å². The van der Waals surface area contributed by atoms with E-state index in [-0.39, 0.29) is 36.4 Å². The van der Waals surface area contributed by atoms with Crippen molar-refractivity contribution in [1.29, 1.82) is 0 Å². The fourth-order valence-electron chi connectivity index (χ4n) is 1.83. The van der Waals surface area contributed by atoms with Crippen molar-refractivity contribution >= 4 is 70.6 Å². The van der Waals surface area contributed by atoms with Gasteiger partial charge in [-0.1, -0.05) is 34.8 Å². The Bertz CT molecular complexity index is 598. The van der Waals surface area contributed by atoms with Crippen molar-refractivity contribution in [2.45, 2.75) is 6.92 Å². The van der Waals surface area contributed by atoms with Crippen molar-refractivity contribution in [2.75, 3.05) is 46.5 Å². The van der Waals surface area contributed by atoms with Gasteiger partial charge in [0.2, 0.25) is 5.91 Å². The molecule has 0 unspecified atom stereocenters. The summed E-state index contributed by atoms with van der Waals surface area (Å²) >= 11 is 18.0. The van der Waals surface area contributed by atoms with Crippen LogP contribution in [0.25, 0.3) is 0 Å². The molecule has 11 heteroatoms. The summed E-state index contributed by atoms with van der Waals surface area (Å²) in [5.41, 5.74) is 0. The monoisotopic (exact) mass is 552 g/mol. The van der Waals surface area contributed by atoms with Gasteiger partial charge in [0, 0.05) is 25.2 Å². The number of benzene rings is 1. The van der Waals surface area contributed by atoms with Gasteiger partial charge < -0.3 is 25.4 Å². The van der Waals surface area contributed by atoms with Gasteiger partial charge in [-0.25, -0.2) is 4.99 Å². The molecule has 0 aromatic heterocycles. The van der Waals surface area contributed by atoms with E-state index in [0.29, 0.717) is 59.6 Å². The van der Waals surface area contributed by atoms with Crippen LogP contribution in [0.15, 0.2) is 17.1 Å². The van der Waals surface area contributed by atoms with Crippen LogP contribution < -0.4 is 20.7 Å². The zero-order valence-electron chi connectivity index (χ0n) is 15.1. The van der Waals surface area contributed by atoms with Crippen molar-refractivity contribution in [3.63, 3.8) is 0 Å². The lowest BCUT2D eigenvalue weighted by molar-refractivity contribution is -0.119. The number of carbonyl (C=O) groups is 1. The van der Waals surface area contributed by atoms with Gasteiger partial charge in [-0.05, 0) is 19.1 Å². The van der Waals surface area contributed by atoms with Crippen LogP contribution in [0.4, 0.5) is 0 Å². The second-order valence-electron chi connectivity index (χ2n) is 5.01. The molecule has 3 N–H and O–H groups in total. The van der Waals surface area contributed by atoms with Gasteiger partial charge in [-0.3, -0.25) is 4.79 Å². The van der Waals surface area contributed by atoms with E-state index in [1.54, 1.807) is 19.2 Å². The average molecular weight is 554 g/mol. The normalized spacial score (nSPS) is 10.8. The van der Waals surface area contributed by atoms with Crippen molar-refractivity contribution in [2.24, 2.45) is 4.99 Å². The molecule has 0 aliphatic rings. The standard InChI is InChI=1S/C16H23Cl3N4O3.HI/c1-3-20-16(23-10-14(24)21-4-6-25-2)22-5-7-26-15-12(18)8-11(17)9-13(15)19;/h8-9H,3-7,10H2,1-2H3,(H,21,24)(H2,20,22,23);1H. The van der Waals surface area contributed by atoms with Gasteiger partial charge in [-0.2, -0.15) is 0 Å². The van der Waals surface area contributed by atoms with Gasteiger partial charge in [-0.15, -0.1) is 24.0 Å². The molecule has 0 bridgehead atoms. The Labute approximate surface area is 191 Å². The van der Waals surface area contributed by atoms with E-state index in [1.165, 1.54) is 0 Å². The fourth-order valence-corrected chi connectivity index (χ4v) is 2.76. The molecule has 0 spiro atoms. The Morgan fingerprint density at radius 2 is 1.70 bits per heavy atom. The van der Waals surface area contributed by atoms with E-state index < -0.39 is 0 Å². The van der Waals surface area contributed by atoms with Gasteiger partial charge >= 0.3 is 0 Å². The maximum absolute atomic E-state index is 11.6. The highest BCUT2D eigenvalue weighted by Gasteiger charge is 2.09. The summed E-state index contributed by atoms with van der Waals surface area (Å²) in [7, 11) is 1.57. The number of hydrogen-bond donors (Lipinski definition) is 3. The number of nitrogens with zero attached hydrogens (tertiary/aromatic N) is 1. The minimum atomic E-state index is -0.185. The molecule has 0 atom stereocenters. The van der Waals surface area contributed by atoms with Crippen LogP contribution >= 0.6 is 58.8 Å². The summed E-state index contributed by atoms with van der Waals surface area (Å²) in [6.07, 6.45) is 0. The highest BCUT2D eigenvalue weighted by atomic mass is 127. The van der Waals surface area contributed by atoms with E-state index in [0.717, 1.165) is 0 Å². The zero-order chi connectivity index (χ0) is 19.4. The molecule has 0 heterocycles. The Morgan fingerprint density at radius 1 is 1.07 bits per heavy atom. The molecular weight excluding hydrogens is 529 g/mol. The Kier molecular flexibility index (Phi) is 14.9. The lowest BCUT2D eigenvalue weighted by atomic mass is 10.3. The zero-order valence-corrected chi connectivity index (χ0v) is 19.7. The predicted molar refractivity (Wildman–Crippen MR) is 121 cm³/mol. The fraction of sp³-hybridized carbons (Fsp3) is 0.500. The minimum absolute atomic E-state index is 0. The van der Waals surface area contributed by atoms with Crippen molar-refractivity contribution in [1.82, 2.24) is 16.0 Å². The van der Waals surface area contributed by atoms with Gasteiger partial charge in [0.1, 0.15) is 13.2 Å². The van der Waals surface area contributed by atoms with Gasteiger partial charge in [0.15, 0.2) is 11.7 Å². The number of carbonyl (C=O) groups excluding carboxylic acids is 1. The maximum Gasteiger partial charge on any atom is 0.241 e. The third-order valence-corrected chi connectivity index (χ3v) is 3.74. The predicted octanol–water partition coefficient (Wildman–Crippen LogP) is 2.96. The van der Waals surface area contributed by atoms with Crippen molar-refractivity contribution < 1.29 is 14.3 Å². The molecule has 0 radical (unpaired) electrons. The summed E-state index contributed by atoms with van der Waals surface area (Å²) in [6.45, 7) is 4.24. The van der Waals surface area contributed by atoms with Crippen LogP contribution in [-0.2, 0) is 9.53 Å². The number of rotatable bonds is 10. The number of hydrogen-bond acceptors (Lipinski definition) is 4. The molecule has 7 nitrogen and oxygen atoms in total. The van der Waals surface area contributed by atoms with Gasteiger partial charge in [0.25, 0.3) is 0 Å². The number of nitrogens with one attached hydrogen (secondary N) is 3.